The molecule has 3 amide bonds. The Bertz CT molecular complexity index is 1490. The zero-order valence-corrected chi connectivity index (χ0v) is 26.6. The third-order valence-electron chi connectivity index (χ3n) is 8.92. The number of nitrogens with one attached hydrogen (secondary N) is 2. The molecular formula is C35H41ClFN5O3. The molecule has 0 spiro atoms. The maximum absolute atomic E-state index is 15.0. The minimum Gasteiger partial charge on any atom is -0.343 e. The Hall–Kier alpha value is -3.79. The second-order valence-electron chi connectivity index (χ2n) is 11.8. The Balaban J connectivity index is 1.30. The number of nitrogens with zero attached hydrogens (tertiary/aromatic N) is 3. The van der Waals surface area contributed by atoms with Crippen molar-refractivity contribution < 1.29 is 18.8 Å². The summed E-state index contributed by atoms with van der Waals surface area (Å²) in [5, 5.41) is 6.98. The third kappa shape index (κ3) is 8.09. The van der Waals surface area contributed by atoms with Gasteiger partial charge in [-0.3, -0.25) is 19.3 Å². The summed E-state index contributed by atoms with van der Waals surface area (Å²) >= 11 is 6.11. The maximum Gasteiger partial charge on any atom is 0.245 e. The average Bonchev–Trinajstić information content (AvgIpc) is 3.06. The summed E-state index contributed by atoms with van der Waals surface area (Å²) in [4.78, 5) is 45.5. The molecule has 1 unspecified atom stereocenters. The highest BCUT2D eigenvalue weighted by Gasteiger charge is 2.34. The van der Waals surface area contributed by atoms with Gasteiger partial charge < -0.3 is 20.4 Å². The summed E-state index contributed by atoms with van der Waals surface area (Å²) in [7, 11) is 0. The molecule has 1 fully saturated rings. The van der Waals surface area contributed by atoms with Gasteiger partial charge >= 0.3 is 0 Å². The number of carbonyl (C=O) groups excluding carboxylic acids is 3. The summed E-state index contributed by atoms with van der Waals surface area (Å²) in [6.45, 7) is 6.73. The van der Waals surface area contributed by atoms with Crippen LogP contribution in [0.2, 0.25) is 5.02 Å². The van der Waals surface area contributed by atoms with E-state index in [1.807, 2.05) is 37.3 Å². The van der Waals surface area contributed by atoms with Crippen molar-refractivity contribution in [2.45, 2.75) is 51.4 Å². The van der Waals surface area contributed by atoms with Crippen LogP contribution >= 0.6 is 11.6 Å². The summed E-state index contributed by atoms with van der Waals surface area (Å²) in [5.74, 6) is -0.746. The molecule has 0 radical (unpaired) electrons. The predicted molar refractivity (Wildman–Crippen MR) is 173 cm³/mol. The predicted octanol–water partition coefficient (Wildman–Crippen LogP) is 3.97. The van der Waals surface area contributed by atoms with Gasteiger partial charge in [-0.1, -0.05) is 66.2 Å². The van der Waals surface area contributed by atoms with Crippen molar-refractivity contribution in [2.24, 2.45) is 0 Å². The van der Waals surface area contributed by atoms with Crippen molar-refractivity contribution in [2.75, 3.05) is 39.3 Å². The van der Waals surface area contributed by atoms with Crippen molar-refractivity contribution in [3.05, 3.63) is 106 Å². The third-order valence-corrected chi connectivity index (χ3v) is 9.17. The molecule has 2 N–H and O–H groups in total. The number of hydrogen-bond donors (Lipinski definition) is 2. The summed E-state index contributed by atoms with van der Waals surface area (Å²) in [6, 6.07) is 20.5. The van der Waals surface area contributed by atoms with Gasteiger partial charge in [-0.05, 0) is 48.2 Å². The van der Waals surface area contributed by atoms with Crippen LogP contribution in [0.3, 0.4) is 0 Å². The SMILES string of the molecule is CCN(CC(c1ccccc1F)N1CCN(C(=O)[C@@H](Cc2ccc(Cl)cc2)NC(=O)[C@H]2Cc3ccccc3CN2)CC1)C(C)=O. The Morgan fingerprint density at radius 2 is 1.64 bits per heavy atom. The van der Waals surface area contributed by atoms with Gasteiger partial charge in [0.1, 0.15) is 11.9 Å². The molecule has 0 bridgehead atoms. The average molecular weight is 634 g/mol. The zero-order chi connectivity index (χ0) is 31.9. The Labute approximate surface area is 269 Å². The number of rotatable bonds is 10. The minimum absolute atomic E-state index is 0.0654. The molecule has 0 saturated carbocycles. The van der Waals surface area contributed by atoms with Gasteiger partial charge in [0, 0.05) is 69.7 Å². The molecule has 3 aromatic rings. The molecule has 2 aliphatic rings. The van der Waals surface area contributed by atoms with Gasteiger partial charge in [0.25, 0.3) is 0 Å². The smallest absolute Gasteiger partial charge is 0.245 e. The number of likely N-dealkylation sites (N-methyl/N-ethyl adjacent to an activating group) is 1. The Kier molecular flexibility index (Phi) is 10.9. The van der Waals surface area contributed by atoms with E-state index < -0.39 is 12.1 Å². The van der Waals surface area contributed by atoms with E-state index >= 15 is 4.39 Å². The molecule has 10 heteroatoms. The van der Waals surface area contributed by atoms with E-state index in [1.165, 1.54) is 18.6 Å². The van der Waals surface area contributed by atoms with Crippen molar-refractivity contribution in [1.29, 1.82) is 0 Å². The lowest BCUT2D eigenvalue weighted by atomic mass is 9.95. The van der Waals surface area contributed by atoms with E-state index in [0.717, 1.165) is 11.1 Å². The van der Waals surface area contributed by atoms with E-state index in [0.29, 0.717) is 69.2 Å². The van der Waals surface area contributed by atoms with E-state index in [9.17, 15) is 14.4 Å². The number of fused-ring (bicyclic) bond motifs is 1. The van der Waals surface area contributed by atoms with Crippen LogP contribution in [0.5, 0.6) is 0 Å². The lowest BCUT2D eigenvalue weighted by Crippen LogP contribution is -2.58. The number of carbonyl (C=O) groups is 3. The van der Waals surface area contributed by atoms with Crippen molar-refractivity contribution in [3.63, 3.8) is 0 Å². The standard InChI is InChI=1S/C35H41ClFN5O3/c1-3-40(24(2)43)23-33(29-10-6-7-11-30(29)37)41-16-18-42(19-17-41)35(45)32(20-25-12-14-28(36)15-13-25)39-34(44)31-21-26-8-4-5-9-27(26)22-38-31/h4-15,31-33,38H,3,16-23H2,1-2H3,(H,39,44)/t31-,32-,33?/m1/s1. The number of benzene rings is 3. The highest BCUT2D eigenvalue weighted by Crippen LogP contribution is 2.26. The zero-order valence-electron chi connectivity index (χ0n) is 25.8. The first-order valence-corrected chi connectivity index (χ1v) is 16.0. The monoisotopic (exact) mass is 633 g/mol. The summed E-state index contributed by atoms with van der Waals surface area (Å²) in [6.07, 6.45) is 0.877. The van der Waals surface area contributed by atoms with Crippen LogP contribution in [0, 0.1) is 5.82 Å². The fourth-order valence-corrected chi connectivity index (χ4v) is 6.41. The molecule has 3 aromatic carbocycles. The van der Waals surface area contributed by atoms with Gasteiger partial charge in [0.2, 0.25) is 17.7 Å². The van der Waals surface area contributed by atoms with Gasteiger partial charge in [0.05, 0.1) is 12.1 Å². The molecule has 8 nitrogen and oxygen atoms in total. The maximum atomic E-state index is 15.0. The fourth-order valence-electron chi connectivity index (χ4n) is 6.29. The molecule has 2 aliphatic heterocycles. The minimum atomic E-state index is -0.764. The van der Waals surface area contributed by atoms with Crippen LogP contribution in [0.15, 0.2) is 72.8 Å². The highest BCUT2D eigenvalue weighted by atomic mass is 35.5. The summed E-state index contributed by atoms with van der Waals surface area (Å²) < 4.78 is 15.0. The first-order chi connectivity index (χ1) is 21.7. The molecule has 238 valence electrons. The normalized spacial score (nSPS) is 18.0. The molecular weight excluding hydrogens is 593 g/mol. The number of piperazine rings is 1. The molecule has 1 saturated heterocycles. The fraction of sp³-hybridized carbons (Fsp3) is 0.400. The lowest BCUT2D eigenvalue weighted by molar-refractivity contribution is -0.138. The topological polar surface area (TPSA) is 85.0 Å². The number of hydrogen-bond acceptors (Lipinski definition) is 5. The van der Waals surface area contributed by atoms with Crippen LogP contribution in [0.1, 0.15) is 42.1 Å². The molecule has 5 rings (SSSR count). The highest BCUT2D eigenvalue weighted by molar-refractivity contribution is 6.30. The lowest BCUT2D eigenvalue weighted by Gasteiger charge is -2.42. The van der Waals surface area contributed by atoms with Crippen LogP contribution in [-0.2, 0) is 33.8 Å². The molecule has 2 heterocycles. The number of amides is 3. The van der Waals surface area contributed by atoms with Crippen molar-refractivity contribution in [3.8, 4) is 0 Å². The second-order valence-corrected chi connectivity index (χ2v) is 12.2. The van der Waals surface area contributed by atoms with Crippen LogP contribution in [0.25, 0.3) is 0 Å². The van der Waals surface area contributed by atoms with E-state index in [4.69, 9.17) is 11.6 Å². The van der Waals surface area contributed by atoms with Gasteiger partial charge in [0.15, 0.2) is 0 Å². The van der Waals surface area contributed by atoms with E-state index in [1.54, 1.807) is 40.1 Å². The number of halogens is 2. The van der Waals surface area contributed by atoms with Crippen LogP contribution in [0.4, 0.5) is 4.39 Å². The van der Waals surface area contributed by atoms with Crippen molar-refractivity contribution in [1.82, 2.24) is 25.3 Å². The van der Waals surface area contributed by atoms with Gasteiger partial charge in [-0.15, -0.1) is 0 Å². The Morgan fingerprint density at radius 3 is 2.31 bits per heavy atom. The Morgan fingerprint density at radius 1 is 0.978 bits per heavy atom. The first kappa shape index (κ1) is 32.6. The molecule has 3 atom stereocenters. The molecule has 45 heavy (non-hydrogen) atoms. The van der Waals surface area contributed by atoms with Crippen LogP contribution < -0.4 is 10.6 Å². The first-order valence-electron chi connectivity index (χ1n) is 15.6. The summed E-state index contributed by atoms with van der Waals surface area (Å²) in [5.41, 5.74) is 3.73. The van der Waals surface area contributed by atoms with Crippen molar-refractivity contribution >= 4 is 29.3 Å². The van der Waals surface area contributed by atoms with E-state index in [2.05, 4.69) is 21.6 Å². The second kappa shape index (κ2) is 15.0. The van der Waals surface area contributed by atoms with E-state index in [-0.39, 0.29) is 29.6 Å². The molecule has 0 aromatic heterocycles. The molecule has 0 aliphatic carbocycles. The van der Waals surface area contributed by atoms with Gasteiger partial charge in [-0.2, -0.15) is 0 Å². The largest absolute Gasteiger partial charge is 0.343 e. The quantitative estimate of drug-likeness (QED) is 0.353. The van der Waals surface area contributed by atoms with Gasteiger partial charge in [-0.25, -0.2) is 4.39 Å². The van der Waals surface area contributed by atoms with Crippen LogP contribution in [-0.4, -0.2) is 83.8 Å².